The maximum atomic E-state index is 10.6. The van der Waals surface area contributed by atoms with Crippen LogP contribution < -0.4 is 0 Å². The van der Waals surface area contributed by atoms with E-state index in [1.165, 1.54) is 28.9 Å². The molecule has 1 rings (SSSR count). The lowest BCUT2D eigenvalue weighted by Crippen LogP contribution is -2.19. The van der Waals surface area contributed by atoms with Crippen LogP contribution >= 0.6 is 0 Å². The smallest absolute Gasteiger partial charge is 0.125 e. The number of hydrogen-bond donors (Lipinski definition) is 3. The number of aromatic hydroxyl groups is 2. The largest absolute Gasteiger partial charge is 0.508 e. The molecule has 0 radical (unpaired) electrons. The van der Waals surface area contributed by atoms with E-state index in [-0.39, 0.29) is 11.5 Å². The number of rotatable bonds is 11. The molecule has 0 amide bonds. The summed E-state index contributed by atoms with van der Waals surface area (Å²) < 4.78 is 0. The van der Waals surface area contributed by atoms with Crippen molar-refractivity contribution in [2.24, 2.45) is 0 Å². The Balaban J connectivity index is 2.50. The lowest BCUT2D eigenvalue weighted by Gasteiger charge is -2.18. The number of hydrogen-bond acceptors (Lipinski definition) is 3. The van der Waals surface area contributed by atoms with E-state index >= 15 is 0 Å². The molecule has 1 atom stereocenters. The third-order valence-electron chi connectivity index (χ3n) is 5.20. The number of phenols is 2. The summed E-state index contributed by atoms with van der Waals surface area (Å²) in [5.41, 5.74) is 4.29. The summed E-state index contributed by atoms with van der Waals surface area (Å²) in [6, 6.07) is 3.01. The molecule has 0 aliphatic rings. The average molecular weight is 413 g/mol. The topological polar surface area (TPSA) is 60.7 Å². The maximum Gasteiger partial charge on any atom is 0.125 e. The van der Waals surface area contributed by atoms with Crippen LogP contribution in [0.1, 0.15) is 84.3 Å². The quantitative estimate of drug-likeness (QED) is 0.263. The molecule has 0 saturated heterocycles. The molecule has 0 aromatic heterocycles. The Kier molecular flexibility index (Phi) is 10.7. The van der Waals surface area contributed by atoms with Crippen molar-refractivity contribution >= 4 is 6.08 Å². The Hall–Kier alpha value is -2.26. The zero-order valence-corrected chi connectivity index (χ0v) is 19.6. The Morgan fingerprint density at radius 3 is 2.07 bits per heavy atom. The fourth-order valence-corrected chi connectivity index (χ4v) is 3.22. The Morgan fingerprint density at radius 2 is 1.47 bits per heavy atom. The van der Waals surface area contributed by atoms with Crippen LogP contribution in [0.2, 0.25) is 0 Å². The van der Waals surface area contributed by atoms with E-state index < -0.39 is 5.60 Å². The van der Waals surface area contributed by atoms with E-state index in [1.807, 2.05) is 0 Å². The minimum atomic E-state index is -0.982. The van der Waals surface area contributed by atoms with Crippen molar-refractivity contribution in [1.29, 1.82) is 0 Å². The second kappa shape index (κ2) is 12.4. The Labute approximate surface area is 183 Å². The van der Waals surface area contributed by atoms with E-state index in [2.05, 4.69) is 45.9 Å². The first-order chi connectivity index (χ1) is 14.0. The SMILES string of the molecule is CC(C)=CCCC(C)=CCCC(C)=CCCC(C)(O)/C=C/c1cc(O)cc(C)c1O. The van der Waals surface area contributed by atoms with E-state index in [4.69, 9.17) is 0 Å². The molecular formula is C27H40O3. The van der Waals surface area contributed by atoms with E-state index in [1.54, 1.807) is 26.0 Å². The number of benzene rings is 1. The summed E-state index contributed by atoms with van der Waals surface area (Å²) in [4.78, 5) is 0. The van der Waals surface area contributed by atoms with Crippen molar-refractivity contribution in [3.8, 4) is 11.5 Å². The van der Waals surface area contributed by atoms with Gasteiger partial charge in [-0.1, -0.05) is 47.1 Å². The van der Waals surface area contributed by atoms with Crippen LogP contribution in [0.3, 0.4) is 0 Å². The van der Waals surface area contributed by atoms with E-state index in [0.29, 0.717) is 17.5 Å². The van der Waals surface area contributed by atoms with Gasteiger partial charge in [0.05, 0.1) is 5.60 Å². The van der Waals surface area contributed by atoms with Gasteiger partial charge in [-0.3, -0.25) is 0 Å². The van der Waals surface area contributed by atoms with Gasteiger partial charge in [-0.25, -0.2) is 0 Å². The van der Waals surface area contributed by atoms with E-state index in [9.17, 15) is 15.3 Å². The number of aryl methyl sites for hydroxylation is 1. The Morgan fingerprint density at radius 1 is 0.900 bits per heavy atom. The number of allylic oxidation sites excluding steroid dienone is 6. The molecule has 1 unspecified atom stereocenters. The second-order valence-electron chi connectivity index (χ2n) is 8.89. The zero-order chi connectivity index (χ0) is 22.7. The zero-order valence-electron chi connectivity index (χ0n) is 19.6. The highest BCUT2D eigenvalue weighted by Crippen LogP contribution is 2.29. The van der Waals surface area contributed by atoms with Gasteiger partial charge >= 0.3 is 0 Å². The van der Waals surface area contributed by atoms with E-state index in [0.717, 1.165) is 32.1 Å². The van der Waals surface area contributed by atoms with Gasteiger partial charge in [0.15, 0.2) is 0 Å². The summed E-state index contributed by atoms with van der Waals surface area (Å²) in [6.45, 7) is 12.1. The van der Waals surface area contributed by atoms with Crippen LogP contribution in [0.25, 0.3) is 6.08 Å². The predicted octanol–water partition coefficient (Wildman–Crippen LogP) is 7.37. The molecule has 0 heterocycles. The van der Waals surface area contributed by atoms with Crippen LogP contribution in [-0.4, -0.2) is 20.9 Å². The molecule has 0 fully saturated rings. The van der Waals surface area contributed by atoms with Gasteiger partial charge in [0.1, 0.15) is 11.5 Å². The van der Waals surface area contributed by atoms with Gasteiger partial charge in [-0.2, -0.15) is 0 Å². The summed E-state index contributed by atoms with van der Waals surface area (Å²) in [5.74, 6) is 0.226. The Bertz CT molecular complexity index is 804. The van der Waals surface area contributed by atoms with Gasteiger partial charge in [0.25, 0.3) is 0 Å². The summed E-state index contributed by atoms with van der Waals surface area (Å²) >= 11 is 0. The highest BCUT2D eigenvalue weighted by molar-refractivity contribution is 5.62. The van der Waals surface area contributed by atoms with Crippen LogP contribution in [0.4, 0.5) is 0 Å². The first kappa shape index (κ1) is 25.8. The van der Waals surface area contributed by atoms with Crippen molar-refractivity contribution in [1.82, 2.24) is 0 Å². The highest BCUT2D eigenvalue weighted by Gasteiger charge is 2.15. The number of phenolic OH excluding ortho intramolecular Hbond substituents is 2. The molecule has 30 heavy (non-hydrogen) atoms. The first-order valence-electron chi connectivity index (χ1n) is 10.9. The maximum absolute atomic E-state index is 10.6. The first-order valence-corrected chi connectivity index (χ1v) is 10.9. The lowest BCUT2D eigenvalue weighted by atomic mass is 9.96. The molecule has 3 N–H and O–H groups in total. The minimum absolute atomic E-state index is 0.101. The predicted molar refractivity (Wildman–Crippen MR) is 129 cm³/mol. The standard InChI is InChI=1S/C27H40O3/c1-20(2)10-7-11-21(3)12-8-13-22(4)14-9-16-27(6,30)17-15-24-19-25(28)18-23(5)26(24)29/h10,12,14-15,17-19,28-30H,7-9,11,13,16H2,1-6H3/b17-15+,21-12?,22-14?. The minimum Gasteiger partial charge on any atom is -0.508 e. The molecule has 0 bridgehead atoms. The molecule has 0 aliphatic carbocycles. The van der Waals surface area contributed by atoms with Gasteiger partial charge in [-0.05, 0) is 97.8 Å². The molecule has 3 heteroatoms. The fraction of sp³-hybridized carbons (Fsp3) is 0.481. The van der Waals surface area contributed by atoms with Crippen molar-refractivity contribution < 1.29 is 15.3 Å². The van der Waals surface area contributed by atoms with Crippen molar-refractivity contribution in [2.45, 2.75) is 85.7 Å². The van der Waals surface area contributed by atoms with Gasteiger partial charge in [0, 0.05) is 5.56 Å². The highest BCUT2D eigenvalue weighted by atomic mass is 16.3. The molecule has 0 saturated carbocycles. The molecule has 0 spiro atoms. The van der Waals surface area contributed by atoms with Gasteiger partial charge < -0.3 is 15.3 Å². The molecule has 3 nitrogen and oxygen atoms in total. The van der Waals surface area contributed by atoms with Crippen molar-refractivity contribution in [2.75, 3.05) is 0 Å². The third-order valence-corrected chi connectivity index (χ3v) is 5.20. The fourth-order valence-electron chi connectivity index (χ4n) is 3.22. The summed E-state index contributed by atoms with van der Waals surface area (Å²) in [6.07, 6.45) is 15.9. The summed E-state index contributed by atoms with van der Waals surface area (Å²) in [7, 11) is 0. The molecule has 166 valence electrons. The van der Waals surface area contributed by atoms with Gasteiger partial charge in [-0.15, -0.1) is 0 Å². The summed E-state index contributed by atoms with van der Waals surface area (Å²) in [5, 5.41) is 30.4. The van der Waals surface area contributed by atoms with Crippen molar-refractivity contribution in [3.05, 3.63) is 64.3 Å². The van der Waals surface area contributed by atoms with Crippen LogP contribution in [0.5, 0.6) is 11.5 Å². The lowest BCUT2D eigenvalue weighted by molar-refractivity contribution is 0.104. The molecule has 1 aromatic rings. The van der Waals surface area contributed by atoms with Crippen LogP contribution in [0, 0.1) is 6.92 Å². The third kappa shape index (κ3) is 10.5. The normalized spacial score (nSPS) is 14.8. The average Bonchev–Trinajstić information content (AvgIpc) is 2.63. The number of aliphatic hydroxyl groups is 1. The molecule has 1 aromatic carbocycles. The monoisotopic (exact) mass is 412 g/mol. The van der Waals surface area contributed by atoms with Crippen molar-refractivity contribution in [3.63, 3.8) is 0 Å². The van der Waals surface area contributed by atoms with Crippen LogP contribution in [0.15, 0.2) is 53.2 Å². The molecular weight excluding hydrogens is 372 g/mol. The molecule has 0 aliphatic heterocycles. The van der Waals surface area contributed by atoms with Crippen LogP contribution in [-0.2, 0) is 0 Å². The second-order valence-corrected chi connectivity index (χ2v) is 8.89. The van der Waals surface area contributed by atoms with Gasteiger partial charge in [0.2, 0.25) is 0 Å².